The highest BCUT2D eigenvalue weighted by Gasteiger charge is 2.48. The fraction of sp³-hybridized carbons (Fsp3) is 0.238. The van der Waals surface area contributed by atoms with E-state index < -0.39 is 11.9 Å². The van der Waals surface area contributed by atoms with Crippen LogP contribution < -0.4 is 10.6 Å². The van der Waals surface area contributed by atoms with Gasteiger partial charge in [0.25, 0.3) is 0 Å². The Morgan fingerprint density at radius 1 is 0.786 bits per heavy atom. The van der Waals surface area contributed by atoms with Gasteiger partial charge in [0.15, 0.2) is 5.78 Å². The number of ether oxygens (including phenoxy) is 1. The molecule has 1 fully saturated rings. The van der Waals surface area contributed by atoms with E-state index in [1.807, 2.05) is 0 Å². The van der Waals surface area contributed by atoms with Gasteiger partial charge >= 0.3 is 5.97 Å². The number of carbonyl (C=O) groups is 4. The predicted octanol–water partition coefficient (Wildman–Crippen LogP) is 2.89. The highest BCUT2D eigenvalue weighted by atomic mass is 16.5. The maximum Gasteiger partial charge on any atom is 0.337 e. The lowest BCUT2D eigenvalue weighted by Crippen LogP contribution is -2.20. The van der Waals surface area contributed by atoms with E-state index >= 15 is 0 Å². The van der Waals surface area contributed by atoms with Crippen molar-refractivity contribution in [1.82, 2.24) is 0 Å². The molecule has 28 heavy (non-hydrogen) atoms. The van der Waals surface area contributed by atoms with E-state index in [4.69, 9.17) is 0 Å². The van der Waals surface area contributed by atoms with Gasteiger partial charge in [-0.2, -0.15) is 0 Å². The SMILES string of the molecule is COC(=O)c1ccc(NC(=O)C2CC2C(=O)Nc2ccc(C(C)=O)cc2)cc1. The van der Waals surface area contributed by atoms with Crippen molar-refractivity contribution in [3.63, 3.8) is 0 Å². The highest BCUT2D eigenvalue weighted by Crippen LogP contribution is 2.40. The molecule has 0 spiro atoms. The fourth-order valence-corrected chi connectivity index (χ4v) is 2.84. The fourth-order valence-electron chi connectivity index (χ4n) is 2.84. The van der Waals surface area contributed by atoms with Crippen molar-refractivity contribution in [3.8, 4) is 0 Å². The molecule has 0 aliphatic heterocycles. The number of rotatable bonds is 6. The number of Topliss-reactive ketones (excluding diaryl/α,β-unsaturated/α-hetero) is 1. The van der Waals surface area contributed by atoms with Crippen LogP contribution in [0.25, 0.3) is 0 Å². The number of benzene rings is 2. The zero-order chi connectivity index (χ0) is 20.3. The Bertz CT molecular complexity index is 919. The molecule has 1 aliphatic carbocycles. The Morgan fingerprint density at radius 3 is 1.61 bits per heavy atom. The van der Waals surface area contributed by atoms with Gasteiger partial charge in [-0.25, -0.2) is 4.79 Å². The first-order valence-corrected chi connectivity index (χ1v) is 8.80. The molecule has 7 nitrogen and oxygen atoms in total. The number of esters is 1. The summed E-state index contributed by atoms with van der Waals surface area (Å²) in [7, 11) is 1.30. The average Bonchev–Trinajstić information content (AvgIpc) is 3.49. The number of hydrogen-bond donors (Lipinski definition) is 2. The van der Waals surface area contributed by atoms with Gasteiger partial charge < -0.3 is 15.4 Å². The van der Waals surface area contributed by atoms with Gasteiger partial charge in [-0.3, -0.25) is 14.4 Å². The van der Waals surface area contributed by atoms with E-state index in [2.05, 4.69) is 15.4 Å². The number of carbonyl (C=O) groups excluding carboxylic acids is 4. The van der Waals surface area contributed by atoms with Crippen LogP contribution in [0.1, 0.15) is 34.1 Å². The lowest BCUT2D eigenvalue weighted by Gasteiger charge is -2.07. The minimum Gasteiger partial charge on any atom is -0.465 e. The molecule has 2 unspecified atom stereocenters. The second-order valence-electron chi connectivity index (χ2n) is 6.63. The Morgan fingerprint density at radius 2 is 1.21 bits per heavy atom. The van der Waals surface area contributed by atoms with Gasteiger partial charge in [0, 0.05) is 16.9 Å². The number of amides is 2. The summed E-state index contributed by atoms with van der Waals surface area (Å²) in [6, 6.07) is 13.0. The molecule has 1 aliphatic rings. The molecule has 0 heterocycles. The molecule has 0 aromatic heterocycles. The van der Waals surface area contributed by atoms with Crippen LogP contribution in [-0.2, 0) is 14.3 Å². The molecule has 0 radical (unpaired) electrons. The molecule has 7 heteroatoms. The third-order valence-electron chi connectivity index (χ3n) is 4.60. The van der Waals surface area contributed by atoms with E-state index in [-0.39, 0.29) is 23.5 Å². The molecule has 2 atom stereocenters. The minimum atomic E-state index is -0.451. The number of ketones is 1. The van der Waals surface area contributed by atoms with Gasteiger partial charge in [-0.1, -0.05) is 0 Å². The molecule has 3 rings (SSSR count). The Balaban J connectivity index is 1.52. The summed E-state index contributed by atoms with van der Waals surface area (Å²) in [5.41, 5.74) is 2.09. The summed E-state index contributed by atoms with van der Waals surface area (Å²) in [5.74, 6) is -1.74. The zero-order valence-electron chi connectivity index (χ0n) is 15.5. The zero-order valence-corrected chi connectivity index (χ0v) is 15.5. The molecule has 2 aromatic carbocycles. The summed E-state index contributed by atoms with van der Waals surface area (Å²) >= 11 is 0. The van der Waals surface area contributed by atoms with Gasteiger partial charge in [-0.15, -0.1) is 0 Å². The van der Waals surface area contributed by atoms with Crippen molar-refractivity contribution in [2.75, 3.05) is 17.7 Å². The molecule has 2 amide bonds. The van der Waals surface area contributed by atoms with E-state index in [9.17, 15) is 19.2 Å². The standard InChI is InChI=1S/C21H20N2O5/c1-12(24)13-3-7-15(8-4-13)22-19(25)17-11-18(17)20(26)23-16-9-5-14(6-10-16)21(27)28-2/h3-10,17-18H,11H2,1-2H3,(H,22,25)(H,23,26). The molecule has 2 N–H and O–H groups in total. The van der Waals surface area contributed by atoms with E-state index in [0.29, 0.717) is 28.9 Å². The summed E-state index contributed by atoms with van der Waals surface area (Å²) in [4.78, 5) is 47.3. The van der Waals surface area contributed by atoms with Gasteiger partial charge in [-0.05, 0) is 61.9 Å². The van der Waals surface area contributed by atoms with Crippen molar-refractivity contribution in [2.45, 2.75) is 13.3 Å². The summed E-state index contributed by atoms with van der Waals surface area (Å²) in [6.45, 7) is 1.48. The van der Waals surface area contributed by atoms with Gasteiger partial charge in [0.2, 0.25) is 11.8 Å². The van der Waals surface area contributed by atoms with Crippen LogP contribution in [0.2, 0.25) is 0 Å². The summed E-state index contributed by atoms with van der Waals surface area (Å²) in [5, 5.41) is 5.51. The third-order valence-corrected chi connectivity index (χ3v) is 4.60. The first-order valence-electron chi connectivity index (χ1n) is 8.80. The first-order chi connectivity index (χ1) is 13.4. The highest BCUT2D eigenvalue weighted by molar-refractivity contribution is 6.03. The molecule has 2 aromatic rings. The van der Waals surface area contributed by atoms with Crippen molar-refractivity contribution in [2.24, 2.45) is 11.8 Å². The van der Waals surface area contributed by atoms with Crippen molar-refractivity contribution in [3.05, 3.63) is 59.7 Å². The van der Waals surface area contributed by atoms with E-state index in [0.717, 1.165) is 0 Å². The largest absolute Gasteiger partial charge is 0.465 e. The lowest BCUT2D eigenvalue weighted by molar-refractivity contribution is -0.122. The normalized spacial score (nSPS) is 17.4. The number of anilines is 2. The Labute approximate surface area is 162 Å². The van der Waals surface area contributed by atoms with Crippen LogP contribution in [0.5, 0.6) is 0 Å². The van der Waals surface area contributed by atoms with Crippen LogP contribution in [0.15, 0.2) is 48.5 Å². The van der Waals surface area contributed by atoms with E-state index in [1.54, 1.807) is 48.5 Å². The second kappa shape index (κ2) is 8.04. The molecular weight excluding hydrogens is 360 g/mol. The Hall–Kier alpha value is -3.48. The number of hydrogen-bond acceptors (Lipinski definition) is 5. The number of methoxy groups -OCH3 is 1. The maximum absolute atomic E-state index is 12.3. The first kappa shape index (κ1) is 19.3. The van der Waals surface area contributed by atoms with Crippen LogP contribution >= 0.6 is 0 Å². The van der Waals surface area contributed by atoms with Crippen molar-refractivity contribution in [1.29, 1.82) is 0 Å². The van der Waals surface area contributed by atoms with Crippen LogP contribution in [0.3, 0.4) is 0 Å². The van der Waals surface area contributed by atoms with Gasteiger partial charge in [0.05, 0.1) is 24.5 Å². The molecular formula is C21H20N2O5. The van der Waals surface area contributed by atoms with Crippen molar-refractivity contribution < 1.29 is 23.9 Å². The van der Waals surface area contributed by atoms with Crippen LogP contribution in [0, 0.1) is 11.8 Å². The maximum atomic E-state index is 12.3. The average molecular weight is 380 g/mol. The summed E-state index contributed by atoms with van der Waals surface area (Å²) < 4.78 is 4.63. The third kappa shape index (κ3) is 4.43. The van der Waals surface area contributed by atoms with Gasteiger partial charge in [0.1, 0.15) is 0 Å². The van der Waals surface area contributed by atoms with E-state index in [1.165, 1.54) is 14.0 Å². The predicted molar refractivity (Wildman–Crippen MR) is 103 cm³/mol. The molecule has 0 saturated heterocycles. The molecule has 0 bridgehead atoms. The minimum absolute atomic E-state index is 0.0450. The van der Waals surface area contributed by atoms with Crippen molar-refractivity contribution >= 4 is 34.9 Å². The van der Waals surface area contributed by atoms with Crippen LogP contribution in [-0.4, -0.2) is 30.7 Å². The monoisotopic (exact) mass is 380 g/mol. The van der Waals surface area contributed by atoms with Crippen LogP contribution in [0.4, 0.5) is 11.4 Å². The number of nitrogens with one attached hydrogen (secondary N) is 2. The topological polar surface area (TPSA) is 102 Å². The quantitative estimate of drug-likeness (QED) is 0.593. The summed E-state index contributed by atoms with van der Waals surface area (Å²) in [6.07, 6.45) is 0.476. The molecule has 144 valence electrons. The molecule has 1 saturated carbocycles. The second-order valence-corrected chi connectivity index (χ2v) is 6.63. The lowest BCUT2D eigenvalue weighted by atomic mass is 10.1. The Kier molecular flexibility index (Phi) is 5.54. The smallest absolute Gasteiger partial charge is 0.337 e.